The predicted octanol–water partition coefficient (Wildman–Crippen LogP) is 4.66. The molecule has 1 aromatic carbocycles. The Kier molecular flexibility index (Phi) is 4.83. The molecule has 1 aliphatic rings. The van der Waals surface area contributed by atoms with Crippen LogP contribution in [0.5, 0.6) is 0 Å². The van der Waals surface area contributed by atoms with Gasteiger partial charge in [-0.15, -0.1) is 0 Å². The van der Waals surface area contributed by atoms with E-state index in [4.69, 9.17) is 0 Å². The van der Waals surface area contributed by atoms with Gasteiger partial charge in [0.25, 0.3) is 11.1 Å². The van der Waals surface area contributed by atoms with Crippen LogP contribution in [0.3, 0.4) is 0 Å². The summed E-state index contributed by atoms with van der Waals surface area (Å²) in [5, 5.41) is 10.4. The summed E-state index contributed by atoms with van der Waals surface area (Å²) in [7, 11) is 0. The topological polar surface area (TPSA) is 80.5 Å². The Morgan fingerprint density at radius 2 is 1.88 bits per heavy atom. The molecule has 3 rings (SSSR count). The Hall–Kier alpha value is -1.97. The van der Waals surface area contributed by atoms with Crippen molar-refractivity contribution in [2.24, 2.45) is 0 Å². The third-order valence-corrected chi connectivity index (χ3v) is 5.61. The summed E-state index contributed by atoms with van der Waals surface area (Å²) >= 11 is 5.14. The van der Waals surface area contributed by atoms with Crippen LogP contribution in [0, 0.1) is 10.1 Å². The van der Waals surface area contributed by atoms with Crippen LogP contribution in [0.2, 0.25) is 0 Å². The fraction of sp³-hybridized carbons (Fsp3) is 0.0667. The molecule has 0 unspecified atom stereocenters. The molecule has 24 heavy (non-hydrogen) atoms. The first-order chi connectivity index (χ1) is 11.4. The zero-order valence-corrected chi connectivity index (χ0v) is 15.2. The van der Waals surface area contributed by atoms with E-state index in [0.29, 0.717) is 4.88 Å². The SMILES string of the molecule is O=C1S/C(=C\c2ccc([N+](=O)[O-])s2)C(=O)N1Cc1ccc(Br)cc1. The lowest BCUT2D eigenvalue weighted by molar-refractivity contribution is -0.380. The van der Waals surface area contributed by atoms with Crippen molar-refractivity contribution in [2.75, 3.05) is 0 Å². The zero-order chi connectivity index (χ0) is 17.3. The lowest BCUT2D eigenvalue weighted by Gasteiger charge is -2.12. The number of benzene rings is 1. The minimum absolute atomic E-state index is 0.00431. The van der Waals surface area contributed by atoms with Crippen molar-refractivity contribution >= 4 is 61.3 Å². The van der Waals surface area contributed by atoms with Crippen molar-refractivity contribution in [3.8, 4) is 0 Å². The second-order valence-electron chi connectivity index (χ2n) is 4.83. The molecule has 2 amide bonds. The van der Waals surface area contributed by atoms with Crippen LogP contribution in [-0.2, 0) is 11.3 Å². The number of hydrogen-bond acceptors (Lipinski definition) is 6. The van der Waals surface area contributed by atoms with Gasteiger partial charge in [0, 0.05) is 15.4 Å². The highest BCUT2D eigenvalue weighted by Gasteiger charge is 2.35. The Morgan fingerprint density at radius 1 is 1.17 bits per heavy atom. The van der Waals surface area contributed by atoms with E-state index in [9.17, 15) is 19.7 Å². The van der Waals surface area contributed by atoms with Crippen molar-refractivity contribution in [3.63, 3.8) is 0 Å². The Balaban J connectivity index is 1.79. The van der Waals surface area contributed by atoms with Crippen molar-refractivity contribution in [2.45, 2.75) is 6.54 Å². The predicted molar refractivity (Wildman–Crippen MR) is 96.6 cm³/mol. The molecule has 0 N–H and O–H groups in total. The molecule has 1 aromatic heterocycles. The summed E-state index contributed by atoms with van der Waals surface area (Å²) in [5.41, 5.74) is 0.841. The normalized spacial score (nSPS) is 16.2. The van der Waals surface area contributed by atoms with Gasteiger partial charge in [-0.05, 0) is 41.6 Å². The van der Waals surface area contributed by atoms with Crippen molar-refractivity contribution in [1.82, 2.24) is 4.90 Å². The van der Waals surface area contributed by atoms with Gasteiger partial charge in [0.05, 0.1) is 16.4 Å². The third kappa shape index (κ3) is 3.58. The molecule has 0 radical (unpaired) electrons. The van der Waals surface area contributed by atoms with Gasteiger partial charge in [-0.3, -0.25) is 24.6 Å². The highest BCUT2D eigenvalue weighted by atomic mass is 79.9. The van der Waals surface area contributed by atoms with E-state index in [-0.39, 0.29) is 27.6 Å². The van der Waals surface area contributed by atoms with Gasteiger partial charge < -0.3 is 0 Å². The summed E-state index contributed by atoms with van der Waals surface area (Å²) in [6.45, 7) is 0.194. The largest absolute Gasteiger partial charge is 0.324 e. The smallest absolute Gasteiger partial charge is 0.268 e. The molecule has 9 heteroatoms. The molecule has 0 aliphatic carbocycles. The number of thiophene rings is 1. The number of nitrogens with zero attached hydrogens (tertiary/aromatic N) is 2. The highest BCUT2D eigenvalue weighted by molar-refractivity contribution is 9.10. The van der Waals surface area contributed by atoms with Gasteiger partial charge in [-0.2, -0.15) is 0 Å². The van der Waals surface area contributed by atoms with Gasteiger partial charge in [-0.25, -0.2) is 0 Å². The zero-order valence-electron chi connectivity index (χ0n) is 12.0. The molecular weight excluding hydrogens is 416 g/mol. The van der Waals surface area contributed by atoms with Crippen LogP contribution in [0.15, 0.2) is 45.8 Å². The number of nitro groups is 1. The summed E-state index contributed by atoms with van der Waals surface area (Å²) in [6, 6.07) is 10.3. The number of carbonyl (C=O) groups excluding carboxylic acids is 2. The van der Waals surface area contributed by atoms with Crippen molar-refractivity contribution in [1.29, 1.82) is 0 Å². The maximum atomic E-state index is 12.4. The number of carbonyl (C=O) groups is 2. The average Bonchev–Trinajstić information content (AvgIpc) is 3.10. The van der Waals surface area contributed by atoms with Crippen LogP contribution in [0.25, 0.3) is 6.08 Å². The minimum Gasteiger partial charge on any atom is -0.268 e. The highest BCUT2D eigenvalue weighted by Crippen LogP contribution is 2.35. The standard InChI is InChI=1S/C15H9BrN2O4S2/c16-10-3-1-9(2-4-10)8-17-14(19)12(24-15(17)20)7-11-5-6-13(23-11)18(21)22/h1-7H,8H2/b12-7-. The summed E-state index contributed by atoms with van der Waals surface area (Å²) in [6.07, 6.45) is 1.52. The second-order valence-corrected chi connectivity index (χ2v) is 7.83. The fourth-order valence-electron chi connectivity index (χ4n) is 2.06. The Morgan fingerprint density at radius 3 is 2.50 bits per heavy atom. The second kappa shape index (κ2) is 6.88. The molecule has 0 bridgehead atoms. The average molecular weight is 425 g/mol. The Bertz CT molecular complexity index is 861. The van der Waals surface area contributed by atoms with E-state index in [1.54, 1.807) is 6.07 Å². The van der Waals surface area contributed by atoms with Crippen LogP contribution in [-0.4, -0.2) is 21.0 Å². The quantitative estimate of drug-likeness (QED) is 0.405. The number of rotatable bonds is 4. The van der Waals surface area contributed by atoms with Gasteiger partial charge in [-0.1, -0.05) is 39.4 Å². The number of hydrogen-bond donors (Lipinski definition) is 0. The molecular formula is C15H9BrN2O4S2. The van der Waals surface area contributed by atoms with Gasteiger partial charge in [0.15, 0.2) is 0 Å². The number of halogens is 1. The van der Waals surface area contributed by atoms with E-state index < -0.39 is 4.92 Å². The molecule has 0 atom stereocenters. The third-order valence-electron chi connectivity index (χ3n) is 3.19. The van der Waals surface area contributed by atoms with E-state index in [2.05, 4.69) is 15.9 Å². The molecule has 1 saturated heterocycles. The molecule has 6 nitrogen and oxygen atoms in total. The van der Waals surface area contributed by atoms with Crippen molar-refractivity contribution < 1.29 is 14.5 Å². The van der Waals surface area contributed by atoms with E-state index in [1.807, 2.05) is 24.3 Å². The molecule has 1 aliphatic heterocycles. The van der Waals surface area contributed by atoms with E-state index in [1.165, 1.54) is 17.0 Å². The van der Waals surface area contributed by atoms with Crippen LogP contribution >= 0.6 is 39.0 Å². The first-order valence-electron chi connectivity index (χ1n) is 6.68. The molecule has 0 saturated carbocycles. The van der Waals surface area contributed by atoms with Crippen molar-refractivity contribution in [3.05, 3.63) is 66.3 Å². The lowest BCUT2D eigenvalue weighted by Crippen LogP contribution is -2.27. The number of amides is 2. The fourth-order valence-corrected chi connectivity index (χ4v) is 3.99. The Labute approximate surface area is 153 Å². The molecule has 0 spiro atoms. The molecule has 2 heterocycles. The van der Waals surface area contributed by atoms with Gasteiger partial charge in [0.2, 0.25) is 0 Å². The number of imide groups is 1. The minimum atomic E-state index is -0.485. The first kappa shape index (κ1) is 16.9. The lowest BCUT2D eigenvalue weighted by atomic mass is 10.2. The van der Waals surface area contributed by atoms with Crippen LogP contribution in [0.1, 0.15) is 10.4 Å². The number of thioether (sulfide) groups is 1. The molecule has 1 fully saturated rings. The van der Waals surface area contributed by atoms with Crippen LogP contribution in [0.4, 0.5) is 9.80 Å². The maximum absolute atomic E-state index is 12.4. The summed E-state index contributed by atoms with van der Waals surface area (Å²) < 4.78 is 0.916. The summed E-state index contributed by atoms with van der Waals surface area (Å²) in [5.74, 6) is -0.385. The molecule has 2 aromatic rings. The van der Waals surface area contributed by atoms with Gasteiger partial charge in [0.1, 0.15) is 0 Å². The van der Waals surface area contributed by atoms with Crippen LogP contribution < -0.4 is 0 Å². The van der Waals surface area contributed by atoms with E-state index in [0.717, 1.165) is 33.1 Å². The monoisotopic (exact) mass is 424 g/mol. The first-order valence-corrected chi connectivity index (χ1v) is 9.10. The maximum Gasteiger partial charge on any atom is 0.324 e. The molecule has 122 valence electrons. The van der Waals surface area contributed by atoms with Gasteiger partial charge >= 0.3 is 5.00 Å². The summed E-state index contributed by atoms with van der Waals surface area (Å²) in [4.78, 5) is 36.7. The van der Waals surface area contributed by atoms with E-state index >= 15 is 0 Å².